The zero-order chi connectivity index (χ0) is 14.3. The van der Waals surface area contributed by atoms with Crippen LogP contribution in [0.1, 0.15) is 49.5 Å². The third kappa shape index (κ3) is 1.79. The predicted molar refractivity (Wildman–Crippen MR) is 74.6 cm³/mol. The standard InChI is InChI=1S/C16H22O3/c1-5-15(2)10-13(19-4)16(15,3)12-9-7-6-8-11(12)14(17)18/h6-9,13H,5,10H2,1-4H3,(H,17,18)/t13-,15?,16+/m0/s1. The molecule has 3 nitrogen and oxygen atoms in total. The monoisotopic (exact) mass is 262 g/mol. The van der Waals surface area contributed by atoms with Crippen LogP contribution >= 0.6 is 0 Å². The third-order valence-corrected chi connectivity index (χ3v) is 5.32. The molecule has 1 aromatic carbocycles. The molecule has 3 heteroatoms. The Labute approximate surface area is 114 Å². The fourth-order valence-electron chi connectivity index (χ4n) is 3.53. The van der Waals surface area contributed by atoms with Crippen molar-refractivity contribution >= 4 is 5.97 Å². The minimum atomic E-state index is -0.864. The number of carboxylic acid groups (broad SMARTS) is 1. The van der Waals surface area contributed by atoms with E-state index in [0.29, 0.717) is 5.56 Å². The maximum Gasteiger partial charge on any atom is 0.335 e. The zero-order valence-electron chi connectivity index (χ0n) is 12.1. The van der Waals surface area contributed by atoms with Gasteiger partial charge in [0.25, 0.3) is 0 Å². The van der Waals surface area contributed by atoms with Crippen molar-refractivity contribution in [2.24, 2.45) is 5.41 Å². The molecule has 0 radical (unpaired) electrons. The Hall–Kier alpha value is -1.35. The summed E-state index contributed by atoms with van der Waals surface area (Å²) in [4.78, 5) is 11.5. The van der Waals surface area contributed by atoms with Gasteiger partial charge in [-0.3, -0.25) is 0 Å². The summed E-state index contributed by atoms with van der Waals surface area (Å²) in [6, 6.07) is 7.31. The molecule has 19 heavy (non-hydrogen) atoms. The van der Waals surface area contributed by atoms with Crippen LogP contribution < -0.4 is 0 Å². The molecule has 0 aromatic heterocycles. The van der Waals surface area contributed by atoms with Gasteiger partial charge in [-0.05, 0) is 29.9 Å². The lowest BCUT2D eigenvalue weighted by molar-refractivity contribution is -0.138. The summed E-state index contributed by atoms with van der Waals surface area (Å²) in [6.07, 6.45) is 2.07. The van der Waals surface area contributed by atoms with Crippen molar-refractivity contribution in [1.29, 1.82) is 0 Å². The molecule has 0 spiro atoms. The van der Waals surface area contributed by atoms with Gasteiger partial charge in [0, 0.05) is 12.5 Å². The Kier molecular flexibility index (Phi) is 3.43. The molecular weight excluding hydrogens is 240 g/mol. The average molecular weight is 262 g/mol. The van der Waals surface area contributed by atoms with Crippen molar-refractivity contribution in [3.8, 4) is 0 Å². The van der Waals surface area contributed by atoms with Gasteiger partial charge in [0.05, 0.1) is 11.7 Å². The van der Waals surface area contributed by atoms with Crippen LogP contribution in [-0.2, 0) is 10.2 Å². The van der Waals surface area contributed by atoms with Crippen LogP contribution in [0.15, 0.2) is 24.3 Å². The molecule has 1 N–H and O–H groups in total. The van der Waals surface area contributed by atoms with Crippen LogP contribution in [-0.4, -0.2) is 24.3 Å². The van der Waals surface area contributed by atoms with Gasteiger partial charge in [-0.2, -0.15) is 0 Å². The molecule has 1 saturated carbocycles. The van der Waals surface area contributed by atoms with Gasteiger partial charge in [0.2, 0.25) is 0 Å². The first-order chi connectivity index (χ1) is 8.90. The lowest BCUT2D eigenvalue weighted by Crippen LogP contribution is -2.62. The van der Waals surface area contributed by atoms with E-state index in [-0.39, 0.29) is 16.9 Å². The van der Waals surface area contributed by atoms with E-state index in [9.17, 15) is 9.90 Å². The smallest absolute Gasteiger partial charge is 0.335 e. The van der Waals surface area contributed by atoms with Crippen molar-refractivity contribution in [3.63, 3.8) is 0 Å². The Morgan fingerprint density at radius 2 is 2.05 bits per heavy atom. The minimum Gasteiger partial charge on any atom is -0.478 e. The van der Waals surface area contributed by atoms with Gasteiger partial charge in [0.1, 0.15) is 0 Å². The number of methoxy groups -OCH3 is 1. The van der Waals surface area contributed by atoms with Crippen LogP contribution in [0, 0.1) is 5.41 Å². The average Bonchev–Trinajstić information content (AvgIpc) is 2.43. The molecule has 1 aliphatic rings. The van der Waals surface area contributed by atoms with Crippen LogP contribution in [0.5, 0.6) is 0 Å². The zero-order valence-corrected chi connectivity index (χ0v) is 12.1. The molecule has 1 fully saturated rings. The normalized spacial score (nSPS) is 33.8. The molecule has 1 aromatic rings. The fourth-order valence-corrected chi connectivity index (χ4v) is 3.53. The van der Waals surface area contributed by atoms with Crippen LogP contribution in [0.3, 0.4) is 0 Å². The number of ether oxygens (including phenoxy) is 1. The van der Waals surface area contributed by atoms with E-state index in [2.05, 4.69) is 20.8 Å². The second kappa shape index (κ2) is 4.64. The van der Waals surface area contributed by atoms with E-state index in [1.54, 1.807) is 19.2 Å². The molecular formula is C16H22O3. The summed E-state index contributed by atoms with van der Waals surface area (Å²) >= 11 is 0. The first-order valence-electron chi connectivity index (χ1n) is 6.76. The van der Waals surface area contributed by atoms with Gasteiger partial charge in [-0.1, -0.05) is 39.0 Å². The molecule has 3 atom stereocenters. The highest BCUT2D eigenvalue weighted by Crippen LogP contribution is 2.61. The largest absolute Gasteiger partial charge is 0.478 e. The molecule has 0 saturated heterocycles. The molecule has 0 aliphatic heterocycles. The first-order valence-corrected chi connectivity index (χ1v) is 6.76. The van der Waals surface area contributed by atoms with Gasteiger partial charge in [-0.15, -0.1) is 0 Å². The summed E-state index contributed by atoms with van der Waals surface area (Å²) in [5, 5.41) is 9.41. The molecule has 2 rings (SSSR count). The number of rotatable bonds is 4. The molecule has 0 heterocycles. The van der Waals surface area contributed by atoms with E-state index in [1.165, 1.54) is 0 Å². The van der Waals surface area contributed by atoms with Crippen molar-refractivity contribution < 1.29 is 14.6 Å². The highest BCUT2D eigenvalue weighted by molar-refractivity contribution is 5.90. The SMILES string of the molecule is CCC1(C)C[C@H](OC)[C@@]1(C)c1ccccc1C(=O)O. The van der Waals surface area contributed by atoms with Crippen LogP contribution in [0.2, 0.25) is 0 Å². The fraction of sp³-hybridized carbons (Fsp3) is 0.562. The summed E-state index contributed by atoms with van der Waals surface area (Å²) < 4.78 is 5.60. The Balaban J connectivity index is 2.57. The Bertz CT molecular complexity index is 497. The number of aromatic carboxylic acids is 1. The van der Waals surface area contributed by atoms with Gasteiger partial charge < -0.3 is 9.84 Å². The minimum absolute atomic E-state index is 0.0814. The van der Waals surface area contributed by atoms with Gasteiger partial charge in [-0.25, -0.2) is 4.79 Å². The van der Waals surface area contributed by atoms with Crippen LogP contribution in [0.25, 0.3) is 0 Å². The van der Waals surface area contributed by atoms with Gasteiger partial charge in [0.15, 0.2) is 0 Å². The van der Waals surface area contributed by atoms with E-state index in [0.717, 1.165) is 18.4 Å². The Morgan fingerprint density at radius 3 is 2.58 bits per heavy atom. The summed E-state index contributed by atoms with van der Waals surface area (Å²) in [5.41, 5.74) is 1.13. The maximum atomic E-state index is 11.5. The number of carboxylic acids is 1. The summed E-state index contributed by atoms with van der Waals surface area (Å²) in [7, 11) is 1.71. The number of hydrogen-bond donors (Lipinski definition) is 1. The second-order valence-corrected chi connectivity index (χ2v) is 5.90. The number of benzene rings is 1. The lowest BCUT2D eigenvalue weighted by atomic mass is 9.45. The van der Waals surface area contributed by atoms with Crippen molar-refractivity contribution in [3.05, 3.63) is 35.4 Å². The number of hydrogen-bond acceptors (Lipinski definition) is 2. The first kappa shape index (κ1) is 14.1. The molecule has 0 bridgehead atoms. The van der Waals surface area contributed by atoms with Crippen molar-refractivity contribution in [2.45, 2.75) is 45.1 Å². The van der Waals surface area contributed by atoms with E-state index < -0.39 is 5.97 Å². The highest BCUT2D eigenvalue weighted by Gasteiger charge is 2.60. The number of carbonyl (C=O) groups is 1. The molecule has 0 amide bonds. The van der Waals surface area contributed by atoms with E-state index in [4.69, 9.17) is 4.74 Å². The summed E-state index contributed by atoms with van der Waals surface area (Å²) in [5.74, 6) is -0.864. The maximum absolute atomic E-state index is 11.5. The van der Waals surface area contributed by atoms with E-state index >= 15 is 0 Å². The van der Waals surface area contributed by atoms with Crippen LogP contribution in [0.4, 0.5) is 0 Å². The van der Waals surface area contributed by atoms with E-state index in [1.807, 2.05) is 12.1 Å². The predicted octanol–water partition coefficient (Wildman–Crippen LogP) is 3.48. The van der Waals surface area contributed by atoms with Gasteiger partial charge >= 0.3 is 5.97 Å². The molecule has 104 valence electrons. The molecule has 1 unspecified atom stereocenters. The second-order valence-electron chi connectivity index (χ2n) is 5.90. The van der Waals surface area contributed by atoms with Crippen molar-refractivity contribution in [2.75, 3.05) is 7.11 Å². The summed E-state index contributed by atoms with van der Waals surface area (Å²) in [6.45, 7) is 6.52. The quantitative estimate of drug-likeness (QED) is 0.903. The lowest BCUT2D eigenvalue weighted by Gasteiger charge is -2.61. The topological polar surface area (TPSA) is 46.5 Å². The third-order valence-electron chi connectivity index (χ3n) is 5.32. The molecule has 1 aliphatic carbocycles. The highest BCUT2D eigenvalue weighted by atomic mass is 16.5. The Morgan fingerprint density at radius 1 is 1.42 bits per heavy atom. The van der Waals surface area contributed by atoms with Crippen molar-refractivity contribution in [1.82, 2.24) is 0 Å².